The number of aliphatic hydroxyl groups is 1. The lowest BCUT2D eigenvalue weighted by Gasteiger charge is -2.27. The van der Waals surface area contributed by atoms with E-state index >= 15 is 0 Å². The fourth-order valence-electron chi connectivity index (χ4n) is 4.11. The number of ether oxygens (including phenoxy) is 1. The number of nitrogens with one attached hydrogen (secondary N) is 1. The summed E-state index contributed by atoms with van der Waals surface area (Å²) >= 11 is 6.03. The molecule has 0 unspecified atom stereocenters. The number of carbonyl (C=O) groups is 1. The van der Waals surface area contributed by atoms with Gasteiger partial charge in [0.1, 0.15) is 11.5 Å². The first kappa shape index (κ1) is 25.1. The summed E-state index contributed by atoms with van der Waals surface area (Å²) in [5.74, 6) is 0.221. The van der Waals surface area contributed by atoms with Crippen LogP contribution in [0.5, 0.6) is 11.5 Å². The van der Waals surface area contributed by atoms with Crippen LogP contribution in [0.1, 0.15) is 45.1 Å². The number of aryl methyl sites for hydroxylation is 2. The van der Waals surface area contributed by atoms with Gasteiger partial charge in [-0.25, -0.2) is 4.79 Å². The number of hydrogen-bond donors (Lipinski definition) is 3. The number of aliphatic hydroxyl groups excluding tert-OH is 1. The minimum atomic E-state index is -0.965. The lowest BCUT2D eigenvalue weighted by atomic mass is 9.88. The van der Waals surface area contributed by atoms with Gasteiger partial charge < -0.3 is 20.3 Å². The van der Waals surface area contributed by atoms with Crippen molar-refractivity contribution in [3.05, 3.63) is 93.5 Å². The van der Waals surface area contributed by atoms with E-state index in [9.17, 15) is 15.0 Å². The molecule has 0 spiro atoms. The van der Waals surface area contributed by atoms with Gasteiger partial charge in [-0.15, -0.1) is 12.4 Å². The molecule has 0 bridgehead atoms. The zero-order valence-corrected chi connectivity index (χ0v) is 19.8. The van der Waals surface area contributed by atoms with Crippen LogP contribution in [0.2, 0.25) is 5.02 Å². The van der Waals surface area contributed by atoms with E-state index in [2.05, 4.69) is 11.4 Å². The van der Waals surface area contributed by atoms with Crippen LogP contribution in [0.15, 0.2) is 60.7 Å². The van der Waals surface area contributed by atoms with Crippen LogP contribution in [0, 0.1) is 6.92 Å². The summed E-state index contributed by atoms with van der Waals surface area (Å²) in [6.07, 6.45) is 2.17. The number of rotatable bonds is 7. The standard InChI is InChI=1S/C26H26ClNO4.ClH/c1-16-5-9-23(14-24(16)26(30)31)32-22-10-7-17-6-8-21(12-19(17)13-22)28-15-25(29)18-3-2-4-20(27)11-18;/h2-5,7,9-11,13-14,21,25,28-29H,6,8,12,15H2,1H3,(H,30,31);1H/t21-,25-;/m0./s1. The van der Waals surface area contributed by atoms with Gasteiger partial charge in [0, 0.05) is 17.6 Å². The molecule has 0 aromatic heterocycles. The van der Waals surface area contributed by atoms with E-state index < -0.39 is 12.1 Å². The average Bonchev–Trinajstić information content (AvgIpc) is 2.78. The Morgan fingerprint density at radius 1 is 1.12 bits per heavy atom. The van der Waals surface area contributed by atoms with E-state index in [4.69, 9.17) is 16.3 Å². The smallest absolute Gasteiger partial charge is 0.336 e. The van der Waals surface area contributed by atoms with Crippen molar-refractivity contribution in [1.29, 1.82) is 0 Å². The second-order valence-electron chi connectivity index (χ2n) is 8.23. The Kier molecular flexibility index (Phi) is 8.38. The number of carboxylic acids is 1. The number of halogens is 2. The van der Waals surface area contributed by atoms with Crippen LogP contribution in [-0.4, -0.2) is 28.8 Å². The van der Waals surface area contributed by atoms with Gasteiger partial charge in [-0.05, 0) is 84.8 Å². The monoisotopic (exact) mass is 487 g/mol. The molecule has 3 aromatic rings. The van der Waals surface area contributed by atoms with E-state index in [1.807, 2.05) is 24.3 Å². The lowest BCUT2D eigenvalue weighted by Crippen LogP contribution is -2.37. The molecule has 1 aliphatic rings. The quantitative estimate of drug-likeness (QED) is 0.395. The van der Waals surface area contributed by atoms with E-state index in [-0.39, 0.29) is 24.0 Å². The van der Waals surface area contributed by atoms with Gasteiger partial charge in [-0.2, -0.15) is 0 Å². The Hall–Kier alpha value is -2.57. The third-order valence-corrected chi connectivity index (χ3v) is 6.15. The molecule has 3 N–H and O–H groups in total. The minimum absolute atomic E-state index is 0. The summed E-state index contributed by atoms with van der Waals surface area (Å²) in [5, 5.41) is 23.9. The van der Waals surface area contributed by atoms with Crippen LogP contribution >= 0.6 is 24.0 Å². The number of aromatic carboxylic acids is 1. The van der Waals surface area contributed by atoms with Crippen molar-refractivity contribution in [3.63, 3.8) is 0 Å². The van der Waals surface area contributed by atoms with Crippen LogP contribution in [-0.2, 0) is 12.8 Å². The molecule has 0 heterocycles. The normalized spacial score (nSPS) is 15.8. The third-order valence-electron chi connectivity index (χ3n) is 5.91. The molecule has 2 atom stereocenters. The zero-order valence-electron chi connectivity index (χ0n) is 18.3. The maximum Gasteiger partial charge on any atom is 0.336 e. The largest absolute Gasteiger partial charge is 0.478 e. The fraction of sp³-hybridized carbons (Fsp3) is 0.269. The number of benzene rings is 3. The van der Waals surface area contributed by atoms with Crippen molar-refractivity contribution >= 4 is 30.0 Å². The predicted octanol–water partition coefficient (Wildman–Crippen LogP) is 5.74. The molecule has 0 radical (unpaired) electrons. The highest BCUT2D eigenvalue weighted by Crippen LogP contribution is 2.30. The second kappa shape index (κ2) is 11.0. The Morgan fingerprint density at radius 2 is 1.88 bits per heavy atom. The molecule has 0 amide bonds. The highest BCUT2D eigenvalue weighted by molar-refractivity contribution is 6.30. The highest BCUT2D eigenvalue weighted by atomic mass is 35.5. The molecule has 7 heteroatoms. The summed E-state index contributed by atoms with van der Waals surface area (Å²) in [5.41, 5.74) is 4.23. The first-order valence-electron chi connectivity index (χ1n) is 10.7. The first-order valence-corrected chi connectivity index (χ1v) is 11.1. The van der Waals surface area contributed by atoms with E-state index in [0.717, 1.165) is 24.8 Å². The number of fused-ring (bicyclic) bond motifs is 1. The molecule has 174 valence electrons. The van der Waals surface area contributed by atoms with Crippen molar-refractivity contribution in [1.82, 2.24) is 5.32 Å². The van der Waals surface area contributed by atoms with Crippen molar-refractivity contribution in [2.75, 3.05) is 6.54 Å². The molecule has 0 aliphatic heterocycles. The molecule has 1 aliphatic carbocycles. The summed E-state index contributed by atoms with van der Waals surface area (Å²) in [7, 11) is 0. The lowest BCUT2D eigenvalue weighted by molar-refractivity contribution is 0.0695. The Balaban J connectivity index is 0.00000306. The van der Waals surface area contributed by atoms with Crippen molar-refractivity contribution in [3.8, 4) is 11.5 Å². The molecule has 3 aromatic carbocycles. The van der Waals surface area contributed by atoms with Gasteiger partial charge in [-0.1, -0.05) is 35.9 Å². The van der Waals surface area contributed by atoms with Gasteiger partial charge >= 0.3 is 5.97 Å². The summed E-state index contributed by atoms with van der Waals surface area (Å²) < 4.78 is 5.96. The molecule has 0 fully saturated rings. The van der Waals surface area contributed by atoms with Crippen molar-refractivity contribution in [2.24, 2.45) is 0 Å². The van der Waals surface area contributed by atoms with E-state index in [1.54, 1.807) is 37.3 Å². The number of carboxylic acid groups (broad SMARTS) is 1. The second-order valence-corrected chi connectivity index (χ2v) is 8.67. The Morgan fingerprint density at radius 3 is 2.64 bits per heavy atom. The van der Waals surface area contributed by atoms with Gasteiger partial charge in [0.15, 0.2) is 0 Å². The summed E-state index contributed by atoms with van der Waals surface area (Å²) in [6, 6.07) is 18.7. The SMILES string of the molecule is Cc1ccc(Oc2ccc3c(c2)C[C@@H](NC[C@H](O)c2cccc(Cl)c2)CC3)cc1C(=O)O.Cl. The van der Waals surface area contributed by atoms with Crippen LogP contribution in [0.4, 0.5) is 0 Å². The molecule has 33 heavy (non-hydrogen) atoms. The summed E-state index contributed by atoms with van der Waals surface area (Å²) in [4.78, 5) is 11.4. The van der Waals surface area contributed by atoms with Crippen LogP contribution < -0.4 is 10.1 Å². The van der Waals surface area contributed by atoms with E-state index in [1.165, 1.54) is 11.1 Å². The Labute approximate surface area is 204 Å². The van der Waals surface area contributed by atoms with Gasteiger partial charge in [-0.3, -0.25) is 0 Å². The molecule has 0 saturated carbocycles. The molecule has 5 nitrogen and oxygen atoms in total. The molecular formula is C26H27Cl2NO4. The van der Waals surface area contributed by atoms with Crippen LogP contribution in [0.3, 0.4) is 0 Å². The summed E-state index contributed by atoms with van der Waals surface area (Å²) in [6.45, 7) is 2.22. The maximum atomic E-state index is 11.4. The average molecular weight is 488 g/mol. The predicted molar refractivity (Wildman–Crippen MR) is 132 cm³/mol. The third kappa shape index (κ3) is 6.27. The Bertz CT molecular complexity index is 1140. The van der Waals surface area contributed by atoms with Crippen LogP contribution in [0.25, 0.3) is 0 Å². The molecule has 4 rings (SSSR count). The molecule has 0 saturated heterocycles. The van der Waals surface area contributed by atoms with Gasteiger partial charge in [0.05, 0.1) is 11.7 Å². The zero-order chi connectivity index (χ0) is 22.7. The molecular weight excluding hydrogens is 461 g/mol. The van der Waals surface area contributed by atoms with Crippen molar-refractivity contribution in [2.45, 2.75) is 38.3 Å². The maximum absolute atomic E-state index is 11.4. The van der Waals surface area contributed by atoms with E-state index in [0.29, 0.717) is 28.6 Å². The fourth-order valence-corrected chi connectivity index (χ4v) is 4.31. The number of hydrogen-bond acceptors (Lipinski definition) is 4. The highest BCUT2D eigenvalue weighted by Gasteiger charge is 2.20. The van der Waals surface area contributed by atoms with Gasteiger partial charge in [0.2, 0.25) is 0 Å². The first-order chi connectivity index (χ1) is 15.4. The van der Waals surface area contributed by atoms with Gasteiger partial charge in [0.25, 0.3) is 0 Å². The topological polar surface area (TPSA) is 78.8 Å². The van der Waals surface area contributed by atoms with Crippen molar-refractivity contribution < 1.29 is 19.7 Å². The minimum Gasteiger partial charge on any atom is -0.478 e.